The molecule has 0 N–H and O–H groups in total. The number of fused-ring (bicyclic) bond motifs is 1. The van der Waals surface area contributed by atoms with Gasteiger partial charge in [-0.2, -0.15) is 0 Å². The minimum atomic E-state index is -0.619. The highest BCUT2D eigenvalue weighted by Crippen LogP contribution is 2.33. The lowest BCUT2D eigenvalue weighted by Gasteiger charge is -2.26. The fraction of sp³-hybridized carbons (Fsp3) is 0.324. The summed E-state index contributed by atoms with van der Waals surface area (Å²) >= 11 is 7.48. The van der Waals surface area contributed by atoms with Gasteiger partial charge in [-0.3, -0.25) is 9.36 Å². The van der Waals surface area contributed by atoms with Gasteiger partial charge in [0.15, 0.2) is 4.80 Å². The SMILES string of the molecule is CCCC1=C(C(=O)OCC)[C@@H](c2ccc(C(C)C)cc2)n2c(s/c(=C\c3cc(C)n(-c4ccc(Cl)cc4)c3C)c2=O)=N1. The molecule has 3 heterocycles. The smallest absolute Gasteiger partial charge is 0.338 e. The standard InChI is InChI=1S/C34H36ClN3O3S/c1-7-9-28-30(33(40)41-8-2)31(24-12-10-23(11-13-24)20(3)4)38-32(39)29(42-34(38)36-28)19-25-18-21(5)37(22(25)6)27-16-14-26(35)15-17-27/h10-20,31H,7-9H2,1-6H3/b29-19-/t31-/m1/s1. The van der Waals surface area contributed by atoms with Gasteiger partial charge in [-0.1, -0.05) is 74.4 Å². The van der Waals surface area contributed by atoms with Crippen molar-refractivity contribution in [3.63, 3.8) is 0 Å². The number of esters is 1. The van der Waals surface area contributed by atoms with E-state index in [0.717, 1.165) is 34.6 Å². The van der Waals surface area contributed by atoms with Crippen LogP contribution in [-0.4, -0.2) is 21.7 Å². The van der Waals surface area contributed by atoms with Crippen LogP contribution in [0, 0.1) is 13.8 Å². The number of aryl methyl sites for hydroxylation is 1. The lowest BCUT2D eigenvalue weighted by Crippen LogP contribution is -2.40. The average molecular weight is 602 g/mol. The molecule has 1 aliphatic rings. The number of aromatic nitrogens is 2. The van der Waals surface area contributed by atoms with Gasteiger partial charge in [0.2, 0.25) is 0 Å². The van der Waals surface area contributed by atoms with Crippen LogP contribution in [0.2, 0.25) is 5.02 Å². The van der Waals surface area contributed by atoms with Crippen LogP contribution in [0.1, 0.15) is 80.6 Å². The highest BCUT2D eigenvalue weighted by molar-refractivity contribution is 7.07. The zero-order chi connectivity index (χ0) is 30.1. The zero-order valence-corrected chi connectivity index (χ0v) is 26.5. The van der Waals surface area contributed by atoms with Crippen LogP contribution in [0.3, 0.4) is 0 Å². The van der Waals surface area contributed by atoms with E-state index in [-0.39, 0.29) is 12.2 Å². The van der Waals surface area contributed by atoms with Crippen molar-refractivity contribution in [2.45, 2.75) is 66.3 Å². The molecule has 6 nitrogen and oxygen atoms in total. The third-order valence-corrected chi connectivity index (χ3v) is 8.89. The Morgan fingerprint density at radius 3 is 2.40 bits per heavy atom. The lowest BCUT2D eigenvalue weighted by molar-refractivity contribution is -0.139. The van der Waals surface area contributed by atoms with Gasteiger partial charge in [-0.15, -0.1) is 0 Å². The Labute approximate surface area is 255 Å². The molecular weight excluding hydrogens is 566 g/mol. The third-order valence-electron chi connectivity index (χ3n) is 7.65. The van der Waals surface area contributed by atoms with E-state index in [9.17, 15) is 9.59 Å². The summed E-state index contributed by atoms with van der Waals surface area (Å²) in [6, 6.07) is 17.4. The van der Waals surface area contributed by atoms with Gasteiger partial charge in [0, 0.05) is 22.1 Å². The molecule has 0 unspecified atom stereocenters. The molecule has 0 saturated carbocycles. The zero-order valence-electron chi connectivity index (χ0n) is 24.9. The summed E-state index contributed by atoms with van der Waals surface area (Å²) in [7, 11) is 0. The minimum absolute atomic E-state index is 0.176. The fourth-order valence-corrected chi connectivity index (χ4v) is 6.70. The number of thiazole rings is 1. The molecule has 0 bridgehead atoms. The molecule has 0 radical (unpaired) electrons. The lowest BCUT2D eigenvalue weighted by atomic mass is 9.92. The molecule has 0 spiro atoms. The van der Waals surface area contributed by atoms with Crippen LogP contribution in [0.15, 0.2) is 75.7 Å². The van der Waals surface area contributed by atoms with Gasteiger partial charge >= 0.3 is 5.97 Å². The molecule has 2 aromatic heterocycles. The van der Waals surface area contributed by atoms with Crippen molar-refractivity contribution >= 4 is 35.0 Å². The molecule has 42 heavy (non-hydrogen) atoms. The number of ether oxygens (including phenoxy) is 1. The van der Waals surface area contributed by atoms with Crippen molar-refractivity contribution in [2.24, 2.45) is 4.99 Å². The van der Waals surface area contributed by atoms with Crippen molar-refractivity contribution in [3.05, 3.63) is 119 Å². The number of hydrogen-bond donors (Lipinski definition) is 0. The molecule has 8 heteroatoms. The van der Waals surface area contributed by atoms with E-state index in [1.165, 1.54) is 16.9 Å². The minimum Gasteiger partial charge on any atom is -0.463 e. The highest BCUT2D eigenvalue weighted by atomic mass is 35.5. The van der Waals surface area contributed by atoms with Gasteiger partial charge in [0.1, 0.15) is 0 Å². The second kappa shape index (κ2) is 12.3. The summed E-state index contributed by atoms with van der Waals surface area (Å²) in [4.78, 5) is 33.1. The van der Waals surface area contributed by atoms with Crippen molar-refractivity contribution in [1.29, 1.82) is 0 Å². The van der Waals surface area contributed by atoms with Gasteiger partial charge in [-0.05, 0) is 86.2 Å². The van der Waals surface area contributed by atoms with Gasteiger partial charge in [0.25, 0.3) is 5.56 Å². The number of halogens is 1. The number of nitrogens with zero attached hydrogens (tertiary/aromatic N) is 3. The first-order valence-corrected chi connectivity index (χ1v) is 15.6. The Kier molecular flexibility index (Phi) is 8.71. The summed E-state index contributed by atoms with van der Waals surface area (Å²) in [6.07, 6.45) is 3.36. The molecule has 0 saturated heterocycles. The molecule has 1 aliphatic heterocycles. The monoisotopic (exact) mass is 601 g/mol. The molecule has 2 aromatic carbocycles. The maximum absolute atomic E-state index is 14.2. The molecule has 0 amide bonds. The first-order chi connectivity index (χ1) is 20.1. The van der Waals surface area contributed by atoms with Crippen LogP contribution >= 0.6 is 22.9 Å². The fourth-order valence-electron chi connectivity index (χ4n) is 5.56. The highest BCUT2D eigenvalue weighted by Gasteiger charge is 2.34. The Morgan fingerprint density at radius 1 is 1.10 bits per heavy atom. The van der Waals surface area contributed by atoms with E-state index in [4.69, 9.17) is 21.3 Å². The Hall–Kier alpha value is -3.68. The quantitative estimate of drug-likeness (QED) is 0.210. The largest absolute Gasteiger partial charge is 0.463 e. The van der Waals surface area contributed by atoms with E-state index in [2.05, 4.69) is 43.5 Å². The summed E-state index contributed by atoms with van der Waals surface area (Å²) in [5, 5.41) is 0.681. The van der Waals surface area contributed by atoms with Crippen LogP contribution in [0.5, 0.6) is 0 Å². The van der Waals surface area contributed by atoms with E-state index < -0.39 is 12.0 Å². The van der Waals surface area contributed by atoms with Gasteiger partial charge in [-0.25, -0.2) is 9.79 Å². The third kappa shape index (κ3) is 5.55. The second-order valence-electron chi connectivity index (χ2n) is 10.9. The first kappa shape index (κ1) is 29.8. The summed E-state index contributed by atoms with van der Waals surface area (Å²) < 4.78 is 9.91. The molecule has 0 fully saturated rings. The topological polar surface area (TPSA) is 65.6 Å². The second-order valence-corrected chi connectivity index (χ2v) is 12.3. The van der Waals surface area contributed by atoms with Crippen LogP contribution < -0.4 is 14.9 Å². The van der Waals surface area contributed by atoms with Crippen LogP contribution in [-0.2, 0) is 9.53 Å². The van der Waals surface area contributed by atoms with Crippen LogP contribution in [0.4, 0.5) is 0 Å². The Bertz CT molecular complexity index is 1840. The predicted octanol–water partition coefficient (Wildman–Crippen LogP) is 6.76. The number of carbonyl (C=O) groups excluding carboxylic acids is 1. The summed E-state index contributed by atoms with van der Waals surface area (Å²) in [5.74, 6) is -0.0629. The Morgan fingerprint density at radius 2 is 1.79 bits per heavy atom. The van der Waals surface area contributed by atoms with Crippen molar-refractivity contribution < 1.29 is 9.53 Å². The number of rotatable bonds is 8. The normalized spacial score (nSPS) is 15.2. The maximum Gasteiger partial charge on any atom is 0.338 e. The van der Waals surface area contributed by atoms with Crippen molar-refractivity contribution in [1.82, 2.24) is 9.13 Å². The molecule has 0 aliphatic carbocycles. The number of allylic oxidation sites excluding steroid dienone is 1. The number of carbonyl (C=O) groups is 1. The van der Waals surface area contributed by atoms with E-state index in [1.54, 1.807) is 11.5 Å². The maximum atomic E-state index is 14.2. The summed E-state index contributed by atoms with van der Waals surface area (Å²) in [6.45, 7) is 12.5. The van der Waals surface area contributed by atoms with Gasteiger partial charge in [0.05, 0.1) is 28.5 Å². The first-order valence-electron chi connectivity index (χ1n) is 14.4. The van der Waals surface area contributed by atoms with Crippen molar-refractivity contribution in [3.8, 4) is 5.69 Å². The van der Waals surface area contributed by atoms with Crippen LogP contribution in [0.25, 0.3) is 11.8 Å². The molecule has 1 atom stereocenters. The molecular formula is C34H36ClN3O3S. The average Bonchev–Trinajstić information content (AvgIpc) is 3.42. The van der Waals surface area contributed by atoms with E-state index in [1.807, 2.05) is 56.3 Å². The van der Waals surface area contributed by atoms with E-state index >= 15 is 0 Å². The molecule has 5 rings (SSSR count). The number of hydrogen-bond acceptors (Lipinski definition) is 5. The predicted molar refractivity (Wildman–Crippen MR) is 170 cm³/mol. The van der Waals surface area contributed by atoms with Crippen molar-refractivity contribution in [2.75, 3.05) is 6.61 Å². The number of benzene rings is 2. The van der Waals surface area contributed by atoms with E-state index in [0.29, 0.717) is 38.0 Å². The summed E-state index contributed by atoms with van der Waals surface area (Å²) in [5.41, 5.74) is 7.01. The van der Waals surface area contributed by atoms with Gasteiger partial charge < -0.3 is 9.30 Å². The Balaban J connectivity index is 1.71. The molecule has 218 valence electrons. The molecule has 4 aromatic rings.